The van der Waals surface area contributed by atoms with Crippen LogP contribution < -0.4 is 14.4 Å². The molecule has 160 valence electrons. The van der Waals surface area contributed by atoms with Crippen LogP contribution in [0.4, 0.5) is 11.4 Å². The van der Waals surface area contributed by atoms with Gasteiger partial charge in [0.15, 0.2) is 5.78 Å². The summed E-state index contributed by atoms with van der Waals surface area (Å²) in [6.07, 6.45) is 1.65. The molecule has 0 saturated carbocycles. The highest BCUT2D eigenvalue weighted by Gasteiger charge is 2.41. The minimum Gasteiger partial charge on any atom is -0.497 e. The number of anilines is 1. The smallest absolute Gasteiger partial charge is 0.271 e. The maximum Gasteiger partial charge on any atom is 0.271 e. The van der Waals surface area contributed by atoms with Gasteiger partial charge in [0.1, 0.15) is 11.5 Å². The van der Waals surface area contributed by atoms with E-state index >= 15 is 0 Å². The van der Waals surface area contributed by atoms with E-state index < -0.39 is 10.8 Å². The van der Waals surface area contributed by atoms with Crippen molar-refractivity contribution in [1.29, 1.82) is 0 Å². The van der Waals surface area contributed by atoms with Crippen LogP contribution in [0.1, 0.15) is 37.2 Å². The normalized spacial score (nSPS) is 18.6. The fourth-order valence-electron chi connectivity index (χ4n) is 4.41. The lowest BCUT2D eigenvalue weighted by Gasteiger charge is -2.38. The largest absolute Gasteiger partial charge is 0.497 e. The second kappa shape index (κ2) is 8.22. The van der Waals surface area contributed by atoms with Crippen LogP contribution in [0.2, 0.25) is 0 Å². The van der Waals surface area contributed by atoms with Gasteiger partial charge in [0.2, 0.25) is 5.91 Å². The molecular weight excluding hydrogens is 400 g/mol. The Morgan fingerprint density at radius 1 is 1.06 bits per heavy atom. The van der Waals surface area contributed by atoms with E-state index in [4.69, 9.17) is 9.47 Å². The number of amides is 1. The van der Waals surface area contributed by atoms with Crippen LogP contribution in [0.3, 0.4) is 0 Å². The summed E-state index contributed by atoms with van der Waals surface area (Å²) >= 11 is 0. The van der Waals surface area contributed by atoms with E-state index in [1.807, 2.05) is 6.07 Å². The van der Waals surface area contributed by atoms with Crippen molar-refractivity contribution in [2.24, 2.45) is 0 Å². The van der Waals surface area contributed by atoms with Crippen molar-refractivity contribution in [3.63, 3.8) is 0 Å². The number of rotatable bonds is 5. The van der Waals surface area contributed by atoms with Crippen molar-refractivity contribution in [3.05, 3.63) is 69.4 Å². The average molecular weight is 422 g/mol. The van der Waals surface area contributed by atoms with E-state index in [0.29, 0.717) is 47.7 Å². The van der Waals surface area contributed by atoms with Gasteiger partial charge in [-0.25, -0.2) is 0 Å². The second-order valence-corrected chi connectivity index (χ2v) is 7.51. The number of methoxy groups -OCH3 is 2. The number of carbonyl (C=O) groups excluding carboxylic acids is 2. The quantitative estimate of drug-likeness (QED) is 0.530. The number of benzene rings is 2. The van der Waals surface area contributed by atoms with Crippen molar-refractivity contribution in [2.75, 3.05) is 19.1 Å². The molecule has 0 saturated heterocycles. The summed E-state index contributed by atoms with van der Waals surface area (Å²) in [5.74, 6) is 0.506. The van der Waals surface area contributed by atoms with Crippen molar-refractivity contribution < 1.29 is 24.0 Å². The van der Waals surface area contributed by atoms with Crippen molar-refractivity contribution in [2.45, 2.75) is 31.6 Å². The number of ketones is 1. The van der Waals surface area contributed by atoms with Crippen LogP contribution >= 0.6 is 0 Å². The number of nitro groups is 1. The molecule has 8 heteroatoms. The number of nitrogens with zero attached hydrogens (tertiary/aromatic N) is 2. The lowest BCUT2D eigenvalue weighted by Crippen LogP contribution is -2.40. The molecule has 4 rings (SSSR count). The Bertz CT molecular complexity index is 1110. The molecule has 2 aromatic carbocycles. The van der Waals surface area contributed by atoms with Crippen LogP contribution in [0.5, 0.6) is 11.5 Å². The zero-order chi connectivity index (χ0) is 22.1. The topological polar surface area (TPSA) is 99.0 Å². The van der Waals surface area contributed by atoms with Gasteiger partial charge in [0, 0.05) is 53.8 Å². The third-order valence-electron chi connectivity index (χ3n) is 5.79. The van der Waals surface area contributed by atoms with Gasteiger partial charge in [-0.3, -0.25) is 24.6 Å². The number of carbonyl (C=O) groups is 2. The molecule has 0 spiro atoms. The maximum absolute atomic E-state index is 13.3. The van der Waals surface area contributed by atoms with Crippen molar-refractivity contribution >= 4 is 23.1 Å². The Morgan fingerprint density at radius 3 is 2.58 bits per heavy atom. The minimum atomic E-state index is -0.496. The monoisotopic (exact) mass is 422 g/mol. The van der Waals surface area contributed by atoms with Gasteiger partial charge in [0.25, 0.3) is 5.69 Å². The third-order valence-corrected chi connectivity index (χ3v) is 5.79. The first-order valence-corrected chi connectivity index (χ1v) is 10.00. The van der Waals surface area contributed by atoms with E-state index in [-0.39, 0.29) is 23.8 Å². The van der Waals surface area contributed by atoms with Gasteiger partial charge >= 0.3 is 0 Å². The van der Waals surface area contributed by atoms with E-state index in [1.165, 1.54) is 24.1 Å². The number of hydrogen-bond donors (Lipinski definition) is 0. The number of allylic oxidation sites excluding steroid dienone is 2. The Balaban J connectivity index is 1.86. The summed E-state index contributed by atoms with van der Waals surface area (Å²) < 4.78 is 10.8. The Kier molecular flexibility index (Phi) is 5.46. The number of nitro benzene ring substituents is 1. The molecule has 0 N–H and O–H groups in total. The van der Waals surface area contributed by atoms with E-state index in [9.17, 15) is 19.7 Å². The Hall–Kier alpha value is -3.68. The molecule has 2 aliphatic rings. The fourth-order valence-corrected chi connectivity index (χ4v) is 4.41. The lowest BCUT2D eigenvalue weighted by molar-refractivity contribution is -0.384. The highest BCUT2D eigenvalue weighted by Crippen LogP contribution is 2.46. The van der Waals surface area contributed by atoms with Gasteiger partial charge in [-0.2, -0.15) is 0 Å². The Labute approximate surface area is 179 Å². The first kappa shape index (κ1) is 20.6. The van der Waals surface area contributed by atoms with Crippen molar-refractivity contribution in [1.82, 2.24) is 0 Å². The highest BCUT2D eigenvalue weighted by atomic mass is 16.6. The molecule has 0 radical (unpaired) electrons. The summed E-state index contributed by atoms with van der Waals surface area (Å²) in [6.45, 7) is 0. The number of non-ortho nitro benzene ring substituents is 1. The third kappa shape index (κ3) is 3.65. The first-order valence-electron chi connectivity index (χ1n) is 10.00. The summed E-state index contributed by atoms with van der Waals surface area (Å²) in [7, 11) is 3.09. The van der Waals surface area contributed by atoms with Crippen LogP contribution in [-0.4, -0.2) is 30.8 Å². The summed E-state index contributed by atoms with van der Waals surface area (Å²) in [6, 6.07) is 11.3. The first-order chi connectivity index (χ1) is 14.9. The summed E-state index contributed by atoms with van der Waals surface area (Å²) in [5, 5.41) is 11.2. The molecule has 1 atom stereocenters. The molecular formula is C23H22N2O6. The predicted octanol–water partition coefficient (Wildman–Crippen LogP) is 4.14. The van der Waals surface area contributed by atoms with Gasteiger partial charge in [0.05, 0.1) is 24.8 Å². The molecule has 0 aromatic heterocycles. The molecule has 1 aliphatic carbocycles. The zero-order valence-electron chi connectivity index (χ0n) is 17.3. The van der Waals surface area contributed by atoms with Crippen LogP contribution in [0.25, 0.3) is 0 Å². The average Bonchev–Trinajstić information content (AvgIpc) is 2.78. The van der Waals surface area contributed by atoms with E-state index in [2.05, 4.69) is 0 Å². The molecule has 0 bridgehead atoms. The number of Topliss-reactive ketones (excluding diaryl/α,β-unsaturated/α-hetero) is 1. The molecule has 1 unspecified atom stereocenters. The number of hydrogen-bond acceptors (Lipinski definition) is 6. The van der Waals surface area contributed by atoms with Gasteiger partial charge < -0.3 is 9.47 Å². The van der Waals surface area contributed by atoms with Gasteiger partial charge in [-0.1, -0.05) is 12.1 Å². The molecule has 2 aromatic rings. The van der Waals surface area contributed by atoms with Gasteiger partial charge in [-0.05, 0) is 25.0 Å². The number of ether oxygens (including phenoxy) is 2. The lowest BCUT2D eigenvalue weighted by atomic mass is 9.76. The van der Waals surface area contributed by atoms with Crippen LogP contribution in [0, 0.1) is 10.1 Å². The maximum atomic E-state index is 13.3. The summed E-state index contributed by atoms with van der Waals surface area (Å²) in [4.78, 5) is 38.5. The highest BCUT2D eigenvalue weighted by molar-refractivity contribution is 6.07. The predicted molar refractivity (Wildman–Crippen MR) is 113 cm³/mol. The summed E-state index contributed by atoms with van der Waals surface area (Å²) in [5.41, 5.74) is 2.25. The zero-order valence-corrected chi connectivity index (χ0v) is 17.3. The van der Waals surface area contributed by atoms with Gasteiger partial charge in [-0.15, -0.1) is 0 Å². The van der Waals surface area contributed by atoms with Crippen LogP contribution in [0.15, 0.2) is 53.7 Å². The molecule has 31 heavy (non-hydrogen) atoms. The molecule has 8 nitrogen and oxygen atoms in total. The molecule has 1 aliphatic heterocycles. The molecule has 1 heterocycles. The standard InChI is InChI=1S/C23H22N2O6/c1-30-16-9-10-17(21(12-16)31-2)18-13-22(27)24(19-7-4-8-20(26)23(18)19)14-5-3-6-15(11-14)25(28)29/h3,5-6,9-12,18H,4,7-8,13H2,1-2H3. The van der Waals surface area contributed by atoms with E-state index in [0.717, 1.165) is 5.56 Å². The van der Waals surface area contributed by atoms with Crippen LogP contribution in [-0.2, 0) is 9.59 Å². The molecule has 0 fully saturated rings. The second-order valence-electron chi connectivity index (χ2n) is 7.51. The minimum absolute atomic E-state index is 0.00736. The fraction of sp³-hybridized carbons (Fsp3) is 0.304. The SMILES string of the molecule is COc1ccc(C2CC(=O)N(c3cccc([N+](=O)[O-])c3)C3=C2C(=O)CCC3)c(OC)c1. The van der Waals surface area contributed by atoms with Crippen molar-refractivity contribution in [3.8, 4) is 11.5 Å². The van der Waals surface area contributed by atoms with E-state index in [1.54, 1.807) is 31.4 Å². The molecule has 1 amide bonds. The Morgan fingerprint density at radius 2 is 1.87 bits per heavy atom.